The van der Waals surface area contributed by atoms with Crippen LogP contribution in [0.15, 0.2) is 12.4 Å². The quantitative estimate of drug-likeness (QED) is 0.818. The van der Waals surface area contributed by atoms with Crippen molar-refractivity contribution >= 4 is 11.6 Å². The normalized spacial score (nSPS) is 22.1. The molecule has 7 heteroatoms. The average Bonchev–Trinajstić information content (AvgIpc) is 2.51. The molecule has 1 amide bonds. The third kappa shape index (κ3) is 2.46. The highest BCUT2D eigenvalue weighted by atomic mass is 16.5. The number of nitrogens with zero attached hydrogens (tertiary/aromatic N) is 3. The van der Waals surface area contributed by atoms with Gasteiger partial charge in [0.05, 0.1) is 37.3 Å². The minimum atomic E-state index is -0.237. The molecule has 7 nitrogen and oxygen atoms in total. The van der Waals surface area contributed by atoms with Crippen LogP contribution in [-0.4, -0.2) is 54.8 Å². The summed E-state index contributed by atoms with van der Waals surface area (Å²) in [6.45, 7) is 2.51. The molecule has 1 N–H and O–H groups in total. The van der Waals surface area contributed by atoms with E-state index in [2.05, 4.69) is 15.3 Å². The highest BCUT2D eigenvalue weighted by Gasteiger charge is 2.41. The molecule has 1 spiro atoms. The zero-order valence-corrected chi connectivity index (χ0v) is 11.5. The summed E-state index contributed by atoms with van der Waals surface area (Å²) in [5.74, 6) is -0.0528. The van der Waals surface area contributed by atoms with Crippen molar-refractivity contribution in [3.8, 4) is 6.01 Å². The lowest BCUT2D eigenvalue weighted by Gasteiger charge is -2.44. The molecule has 3 heterocycles. The molecular weight excluding hydrogens is 260 g/mol. The van der Waals surface area contributed by atoms with Gasteiger partial charge in [0.25, 0.3) is 5.91 Å². The van der Waals surface area contributed by atoms with E-state index < -0.39 is 0 Å². The molecule has 2 aliphatic heterocycles. The summed E-state index contributed by atoms with van der Waals surface area (Å²) in [6, 6.07) is 0.297. The number of piperidine rings is 1. The monoisotopic (exact) mass is 278 g/mol. The van der Waals surface area contributed by atoms with E-state index in [-0.39, 0.29) is 18.1 Å². The smallest absolute Gasteiger partial charge is 0.316 e. The first kappa shape index (κ1) is 13.3. The molecule has 0 unspecified atom stereocenters. The van der Waals surface area contributed by atoms with Crippen LogP contribution >= 0.6 is 0 Å². The van der Waals surface area contributed by atoms with Gasteiger partial charge in [-0.05, 0) is 25.9 Å². The van der Waals surface area contributed by atoms with Gasteiger partial charge in [-0.2, -0.15) is 0 Å². The summed E-state index contributed by atoms with van der Waals surface area (Å²) < 4.78 is 10.8. The van der Waals surface area contributed by atoms with Crippen molar-refractivity contribution in [2.75, 3.05) is 38.3 Å². The number of hydrogen-bond acceptors (Lipinski definition) is 6. The van der Waals surface area contributed by atoms with Crippen molar-refractivity contribution < 1.29 is 14.3 Å². The van der Waals surface area contributed by atoms with Gasteiger partial charge in [-0.3, -0.25) is 4.79 Å². The second kappa shape index (κ2) is 5.34. The molecule has 0 aromatic carbocycles. The predicted molar refractivity (Wildman–Crippen MR) is 71.7 cm³/mol. The van der Waals surface area contributed by atoms with Gasteiger partial charge in [-0.25, -0.2) is 9.97 Å². The number of rotatable bonds is 2. The van der Waals surface area contributed by atoms with Crippen LogP contribution in [0.1, 0.15) is 12.8 Å². The topological polar surface area (TPSA) is 76.6 Å². The molecule has 0 radical (unpaired) electrons. The number of carbonyl (C=O) groups excluding carboxylic acids is 1. The highest BCUT2D eigenvalue weighted by Crippen LogP contribution is 2.30. The number of nitrogens with one attached hydrogen (secondary N) is 1. The summed E-state index contributed by atoms with van der Waals surface area (Å²) >= 11 is 0. The van der Waals surface area contributed by atoms with Crippen LogP contribution in [0.5, 0.6) is 6.01 Å². The summed E-state index contributed by atoms with van der Waals surface area (Å²) in [4.78, 5) is 21.9. The number of methoxy groups -OCH3 is 1. The van der Waals surface area contributed by atoms with E-state index in [9.17, 15) is 4.79 Å². The Morgan fingerprint density at radius 2 is 2.05 bits per heavy atom. The van der Waals surface area contributed by atoms with Crippen molar-refractivity contribution in [1.29, 1.82) is 0 Å². The van der Waals surface area contributed by atoms with Gasteiger partial charge < -0.3 is 19.7 Å². The van der Waals surface area contributed by atoms with Gasteiger partial charge in [0, 0.05) is 0 Å². The molecule has 0 saturated carbocycles. The van der Waals surface area contributed by atoms with Crippen LogP contribution in [0, 0.1) is 0 Å². The van der Waals surface area contributed by atoms with E-state index in [1.807, 2.05) is 0 Å². The second-order valence-electron chi connectivity index (χ2n) is 5.13. The molecule has 108 valence electrons. The maximum Gasteiger partial charge on any atom is 0.316 e. The lowest BCUT2D eigenvalue weighted by molar-refractivity contribution is -0.141. The minimum absolute atomic E-state index is 0.0528. The SMILES string of the molecule is COc1ncc(N2CC3(CCNCC3)OCC2=O)cn1. The fraction of sp³-hybridized carbons (Fsp3) is 0.615. The van der Waals surface area contributed by atoms with E-state index in [1.54, 1.807) is 17.3 Å². The van der Waals surface area contributed by atoms with Gasteiger partial charge in [0.1, 0.15) is 6.61 Å². The maximum absolute atomic E-state index is 12.1. The molecule has 20 heavy (non-hydrogen) atoms. The third-order valence-electron chi connectivity index (χ3n) is 3.87. The average molecular weight is 278 g/mol. The van der Waals surface area contributed by atoms with Crippen molar-refractivity contribution in [1.82, 2.24) is 15.3 Å². The van der Waals surface area contributed by atoms with Gasteiger partial charge >= 0.3 is 6.01 Å². The molecule has 0 bridgehead atoms. The molecule has 2 fully saturated rings. The predicted octanol–water partition coefficient (Wildman–Crippen LogP) is -0.0294. The Morgan fingerprint density at radius 3 is 2.70 bits per heavy atom. The Balaban J connectivity index is 1.80. The summed E-state index contributed by atoms with van der Waals surface area (Å²) in [6.07, 6.45) is 5.05. The Labute approximate surface area is 117 Å². The highest BCUT2D eigenvalue weighted by molar-refractivity contribution is 5.94. The van der Waals surface area contributed by atoms with Crippen LogP contribution in [0.4, 0.5) is 5.69 Å². The summed E-state index contributed by atoms with van der Waals surface area (Å²) in [7, 11) is 1.51. The van der Waals surface area contributed by atoms with Crippen LogP contribution in [0.2, 0.25) is 0 Å². The Hall–Kier alpha value is -1.73. The van der Waals surface area contributed by atoms with Crippen molar-refractivity contribution in [2.24, 2.45) is 0 Å². The second-order valence-corrected chi connectivity index (χ2v) is 5.13. The molecule has 0 atom stereocenters. The molecular formula is C13H18N4O3. The summed E-state index contributed by atoms with van der Waals surface area (Å²) in [5, 5.41) is 3.31. The fourth-order valence-corrected chi connectivity index (χ4v) is 2.69. The minimum Gasteiger partial charge on any atom is -0.467 e. The van der Waals surface area contributed by atoms with E-state index >= 15 is 0 Å². The molecule has 1 aromatic heterocycles. The van der Waals surface area contributed by atoms with E-state index in [1.165, 1.54) is 7.11 Å². The Kier molecular flexibility index (Phi) is 3.54. The van der Waals surface area contributed by atoms with Crippen LogP contribution in [0.25, 0.3) is 0 Å². The lowest BCUT2D eigenvalue weighted by Crippen LogP contribution is -2.58. The van der Waals surface area contributed by atoms with E-state index in [0.29, 0.717) is 18.2 Å². The van der Waals surface area contributed by atoms with Gasteiger partial charge in [0.2, 0.25) is 0 Å². The number of ether oxygens (including phenoxy) is 2. The molecule has 3 rings (SSSR count). The molecule has 2 aliphatic rings. The number of carbonyl (C=O) groups is 1. The fourth-order valence-electron chi connectivity index (χ4n) is 2.69. The van der Waals surface area contributed by atoms with Crippen LogP contribution in [0.3, 0.4) is 0 Å². The van der Waals surface area contributed by atoms with Crippen molar-refractivity contribution in [2.45, 2.75) is 18.4 Å². The largest absolute Gasteiger partial charge is 0.467 e. The molecule has 0 aliphatic carbocycles. The zero-order chi connectivity index (χ0) is 14.0. The first-order chi connectivity index (χ1) is 9.72. The van der Waals surface area contributed by atoms with E-state index in [4.69, 9.17) is 9.47 Å². The number of aromatic nitrogens is 2. The number of hydrogen-bond donors (Lipinski definition) is 1. The third-order valence-corrected chi connectivity index (χ3v) is 3.87. The standard InChI is InChI=1S/C13H18N4O3/c1-19-12-15-6-10(7-16-12)17-9-13(20-8-11(17)18)2-4-14-5-3-13/h6-7,14H,2-5,8-9H2,1H3. The van der Waals surface area contributed by atoms with Crippen molar-refractivity contribution in [3.63, 3.8) is 0 Å². The van der Waals surface area contributed by atoms with Gasteiger partial charge in [-0.1, -0.05) is 0 Å². The van der Waals surface area contributed by atoms with Gasteiger partial charge in [-0.15, -0.1) is 0 Å². The van der Waals surface area contributed by atoms with Crippen molar-refractivity contribution in [3.05, 3.63) is 12.4 Å². The summed E-state index contributed by atoms with van der Waals surface area (Å²) in [5.41, 5.74) is 0.455. The maximum atomic E-state index is 12.1. The number of anilines is 1. The van der Waals surface area contributed by atoms with Crippen LogP contribution in [-0.2, 0) is 9.53 Å². The first-order valence-electron chi connectivity index (χ1n) is 6.74. The number of amides is 1. The van der Waals surface area contributed by atoms with E-state index in [0.717, 1.165) is 25.9 Å². The van der Waals surface area contributed by atoms with Gasteiger partial charge in [0.15, 0.2) is 0 Å². The Morgan fingerprint density at radius 1 is 1.35 bits per heavy atom. The molecule has 2 saturated heterocycles. The van der Waals surface area contributed by atoms with Crippen LogP contribution < -0.4 is 15.0 Å². The molecule has 1 aromatic rings. The zero-order valence-electron chi connectivity index (χ0n) is 11.5. The number of morpholine rings is 1. The lowest BCUT2D eigenvalue weighted by atomic mass is 9.90. The first-order valence-corrected chi connectivity index (χ1v) is 6.74. The Bertz CT molecular complexity index is 485.